The van der Waals surface area contributed by atoms with E-state index in [0.29, 0.717) is 4.90 Å². The molecule has 6 heteroatoms. The summed E-state index contributed by atoms with van der Waals surface area (Å²) in [6.45, 7) is 0. The second kappa shape index (κ2) is 5.23. The molecule has 0 aliphatic carbocycles. The lowest BCUT2D eigenvalue weighted by molar-refractivity contribution is -0.138. The maximum atomic E-state index is 12.7. The van der Waals surface area contributed by atoms with Crippen LogP contribution in [-0.2, 0) is 11.9 Å². The Kier molecular flexibility index (Phi) is 4.43. The van der Waals surface area contributed by atoms with Gasteiger partial charge in [0.05, 0.1) is 5.56 Å². The molecule has 16 heavy (non-hydrogen) atoms. The van der Waals surface area contributed by atoms with Crippen molar-refractivity contribution in [2.45, 2.75) is 16.8 Å². The van der Waals surface area contributed by atoms with E-state index < -0.39 is 11.7 Å². The van der Waals surface area contributed by atoms with Gasteiger partial charge in [-0.1, -0.05) is 0 Å². The molecule has 2 N–H and O–H groups in total. The molecule has 0 fully saturated rings. The average molecular weight is 267 g/mol. The first-order valence-electron chi connectivity index (χ1n) is 4.43. The van der Waals surface area contributed by atoms with Crippen molar-refractivity contribution in [1.29, 1.82) is 0 Å². The van der Waals surface area contributed by atoms with Crippen molar-refractivity contribution in [2.24, 2.45) is 0 Å². The Labute approximate surface area is 101 Å². The Morgan fingerprint density at radius 1 is 1.25 bits per heavy atom. The molecule has 0 aromatic heterocycles. The Morgan fingerprint density at radius 2 is 1.88 bits per heavy atom. The van der Waals surface area contributed by atoms with Crippen molar-refractivity contribution in [1.82, 2.24) is 0 Å². The maximum absolute atomic E-state index is 12.7. The molecule has 0 radical (unpaired) electrons. The summed E-state index contributed by atoms with van der Waals surface area (Å²) in [7, 11) is 0. The van der Waals surface area contributed by atoms with Gasteiger partial charge in [-0.25, -0.2) is 0 Å². The first-order chi connectivity index (χ1) is 7.41. The van der Waals surface area contributed by atoms with E-state index in [0.717, 1.165) is 6.07 Å². The van der Waals surface area contributed by atoms with Crippen LogP contribution in [0.25, 0.3) is 0 Å². The van der Waals surface area contributed by atoms with Gasteiger partial charge in [0.25, 0.3) is 0 Å². The molecular weight excluding hydrogens is 255 g/mol. The summed E-state index contributed by atoms with van der Waals surface area (Å²) < 4.78 is 38.1. The number of thioether (sulfide) groups is 2. The fraction of sp³-hybridized carbons (Fsp3) is 0.400. The van der Waals surface area contributed by atoms with E-state index >= 15 is 0 Å². The molecule has 0 bridgehead atoms. The largest absolute Gasteiger partial charge is 0.416 e. The van der Waals surface area contributed by atoms with Gasteiger partial charge in [0.1, 0.15) is 0 Å². The smallest absolute Gasteiger partial charge is 0.398 e. The maximum Gasteiger partial charge on any atom is 0.416 e. The lowest BCUT2D eigenvalue weighted by Gasteiger charge is -2.16. The lowest BCUT2D eigenvalue weighted by Crippen LogP contribution is -2.11. The summed E-state index contributed by atoms with van der Waals surface area (Å²) in [5.41, 5.74) is 5.55. The zero-order valence-corrected chi connectivity index (χ0v) is 10.5. The summed E-state index contributed by atoms with van der Waals surface area (Å²) >= 11 is 2.68. The fourth-order valence-electron chi connectivity index (χ4n) is 1.39. The first kappa shape index (κ1) is 13.6. The van der Waals surface area contributed by atoms with E-state index in [9.17, 15) is 13.2 Å². The highest BCUT2D eigenvalue weighted by atomic mass is 32.2. The number of anilines is 1. The van der Waals surface area contributed by atoms with E-state index in [1.54, 1.807) is 12.5 Å². The van der Waals surface area contributed by atoms with Gasteiger partial charge in [0.2, 0.25) is 0 Å². The summed E-state index contributed by atoms with van der Waals surface area (Å²) in [5.74, 6) is 0.273. The molecule has 1 aromatic rings. The molecule has 1 aromatic carbocycles. The molecule has 0 unspecified atom stereocenters. The predicted octanol–water partition coefficient (Wildman–Crippen LogP) is 3.87. The minimum atomic E-state index is -4.34. The normalized spacial score (nSPS) is 11.8. The molecule has 0 saturated carbocycles. The van der Waals surface area contributed by atoms with Crippen molar-refractivity contribution in [2.75, 3.05) is 18.2 Å². The van der Waals surface area contributed by atoms with Gasteiger partial charge in [0.15, 0.2) is 0 Å². The van der Waals surface area contributed by atoms with Crippen molar-refractivity contribution in [3.63, 3.8) is 0 Å². The monoisotopic (exact) mass is 267 g/mol. The highest BCUT2D eigenvalue weighted by Gasteiger charge is 2.34. The number of hydrogen-bond donors (Lipinski definition) is 1. The zero-order valence-electron chi connectivity index (χ0n) is 8.89. The Balaban J connectivity index is 3.34. The molecule has 0 spiro atoms. The minimum Gasteiger partial charge on any atom is -0.398 e. The fourth-order valence-corrected chi connectivity index (χ4v) is 2.53. The molecule has 0 heterocycles. The molecule has 1 rings (SSSR count). The molecule has 0 atom stereocenters. The SMILES string of the molecule is CSCc1c(C(F)(F)F)ccc(SC)c1N. The summed E-state index contributed by atoms with van der Waals surface area (Å²) in [6, 6.07) is 2.53. The third-order valence-electron chi connectivity index (χ3n) is 2.13. The van der Waals surface area contributed by atoms with Crippen LogP contribution < -0.4 is 5.73 Å². The number of alkyl halides is 3. The standard InChI is InChI=1S/C10H12F3NS2/c1-15-5-6-7(10(11,12)13)3-4-8(16-2)9(6)14/h3-4H,5,14H2,1-2H3. The van der Waals surface area contributed by atoms with Crippen molar-refractivity contribution in [3.05, 3.63) is 23.3 Å². The second-order valence-electron chi connectivity index (χ2n) is 3.14. The van der Waals surface area contributed by atoms with Gasteiger partial charge in [-0.2, -0.15) is 24.9 Å². The average Bonchev–Trinajstić information content (AvgIpc) is 2.19. The predicted molar refractivity (Wildman–Crippen MR) is 64.9 cm³/mol. The van der Waals surface area contributed by atoms with Crippen LogP contribution in [0.1, 0.15) is 11.1 Å². The number of nitrogen functional groups attached to an aromatic ring is 1. The molecular formula is C10H12F3NS2. The van der Waals surface area contributed by atoms with Crippen molar-refractivity contribution >= 4 is 29.2 Å². The van der Waals surface area contributed by atoms with E-state index in [4.69, 9.17) is 5.73 Å². The summed E-state index contributed by atoms with van der Waals surface area (Å²) in [4.78, 5) is 0.692. The number of benzene rings is 1. The van der Waals surface area contributed by atoms with Crippen LogP contribution in [0.3, 0.4) is 0 Å². The Bertz CT molecular complexity index is 377. The van der Waals surface area contributed by atoms with E-state index in [-0.39, 0.29) is 17.0 Å². The van der Waals surface area contributed by atoms with Gasteiger partial charge in [-0.05, 0) is 30.2 Å². The molecule has 0 saturated heterocycles. The Hall–Kier alpha value is -0.490. The van der Waals surface area contributed by atoms with Crippen LogP contribution in [-0.4, -0.2) is 12.5 Å². The Morgan fingerprint density at radius 3 is 2.31 bits per heavy atom. The third-order valence-corrected chi connectivity index (χ3v) is 3.50. The molecule has 1 nitrogen and oxygen atoms in total. The van der Waals surface area contributed by atoms with E-state index in [1.165, 1.54) is 29.6 Å². The first-order valence-corrected chi connectivity index (χ1v) is 7.05. The summed E-state index contributed by atoms with van der Waals surface area (Å²) in [5, 5.41) is 0. The molecule has 0 aliphatic rings. The molecule has 0 amide bonds. The van der Waals surface area contributed by atoms with Crippen molar-refractivity contribution in [3.8, 4) is 0 Å². The molecule has 90 valence electrons. The van der Waals surface area contributed by atoms with Gasteiger partial charge in [-0.15, -0.1) is 11.8 Å². The van der Waals surface area contributed by atoms with Gasteiger partial charge < -0.3 is 5.73 Å². The van der Waals surface area contributed by atoms with E-state index in [2.05, 4.69) is 0 Å². The zero-order chi connectivity index (χ0) is 12.3. The van der Waals surface area contributed by atoms with Crippen LogP contribution in [0.5, 0.6) is 0 Å². The number of nitrogens with two attached hydrogens (primary N) is 1. The van der Waals surface area contributed by atoms with Crippen LogP contribution in [0.15, 0.2) is 17.0 Å². The summed E-state index contributed by atoms with van der Waals surface area (Å²) in [6.07, 6.45) is -0.788. The highest BCUT2D eigenvalue weighted by molar-refractivity contribution is 7.98. The van der Waals surface area contributed by atoms with E-state index in [1.807, 2.05) is 0 Å². The quantitative estimate of drug-likeness (QED) is 0.665. The number of rotatable bonds is 3. The third kappa shape index (κ3) is 2.79. The van der Waals surface area contributed by atoms with Crippen LogP contribution in [0.2, 0.25) is 0 Å². The minimum absolute atomic E-state index is 0.187. The van der Waals surface area contributed by atoms with Gasteiger partial charge >= 0.3 is 6.18 Å². The van der Waals surface area contributed by atoms with Crippen LogP contribution in [0, 0.1) is 0 Å². The lowest BCUT2D eigenvalue weighted by atomic mass is 10.1. The second-order valence-corrected chi connectivity index (χ2v) is 4.85. The van der Waals surface area contributed by atoms with Gasteiger partial charge in [-0.3, -0.25) is 0 Å². The van der Waals surface area contributed by atoms with Crippen LogP contribution >= 0.6 is 23.5 Å². The molecule has 0 aliphatic heterocycles. The number of hydrogen-bond acceptors (Lipinski definition) is 3. The highest BCUT2D eigenvalue weighted by Crippen LogP contribution is 2.39. The topological polar surface area (TPSA) is 26.0 Å². The number of halogens is 3. The van der Waals surface area contributed by atoms with Crippen molar-refractivity contribution < 1.29 is 13.2 Å². The van der Waals surface area contributed by atoms with Crippen LogP contribution in [0.4, 0.5) is 18.9 Å². The van der Waals surface area contributed by atoms with Gasteiger partial charge in [0, 0.05) is 16.3 Å².